The summed E-state index contributed by atoms with van der Waals surface area (Å²) >= 11 is 0. The second kappa shape index (κ2) is 5.93. The monoisotopic (exact) mass is 221 g/mol. The van der Waals surface area contributed by atoms with Crippen LogP contribution in [0.25, 0.3) is 0 Å². The maximum absolute atomic E-state index is 8.83. The third kappa shape index (κ3) is 3.75. The Morgan fingerprint density at radius 2 is 2.25 bits per heavy atom. The molecule has 0 atom stereocenters. The normalized spacial score (nSPS) is 10.1. The van der Waals surface area contributed by atoms with E-state index in [4.69, 9.17) is 20.5 Å². The summed E-state index contributed by atoms with van der Waals surface area (Å²) in [6.07, 6.45) is 1.62. The molecule has 1 rings (SSSR count). The number of hydrogen-bond acceptors (Lipinski definition) is 5. The molecular weight excluding hydrogens is 206 g/mol. The van der Waals surface area contributed by atoms with E-state index < -0.39 is 0 Å². The second-order valence-electron chi connectivity index (χ2n) is 3.50. The Kier molecular flexibility index (Phi) is 4.55. The second-order valence-corrected chi connectivity index (χ2v) is 3.50. The summed E-state index contributed by atoms with van der Waals surface area (Å²) in [5.74, 6) is 0.295. The third-order valence-electron chi connectivity index (χ3n) is 1.77. The molecule has 0 spiro atoms. The van der Waals surface area contributed by atoms with E-state index >= 15 is 0 Å². The average molecular weight is 221 g/mol. The SMILES string of the molecule is CC(C)OCCOc1ncc(N)cc1C#N. The Morgan fingerprint density at radius 3 is 2.88 bits per heavy atom. The molecule has 1 aromatic heterocycles. The van der Waals surface area contributed by atoms with Gasteiger partial charge >= 0.3 is 0 Å². The van der Waals surface area contributed by atoms with Gasteiger partial charge in [-0.3, -0.25) is 0 Å². The summed E-state index contributed by atoms with van der Waals surface area (Å²) in [6, 6.07) is 3.51. The molecule has 0 saturated carbocycles. The molecule has 0 unspecified atom stereocenters. The number of rotatable bonds is 5. The highest BCUT2D eigenvalue weighted by Gasteiger charge is 2.05. The molecule has 0 bridgehead atoms. The first kappa shape index (κ1) is 12.3. The molecular formula is C11H15N3O2. The minimum absolute atomic E-state index is 0.165. The molecule has 0 fully saturated rings. The van der Waals surface area contributed by atoms with Crippen molar-refractivity contribution in [3.8, 4) is 11.9 Å². The highest BCUT2D eigenvalue weighted by molar-refractivity contribution is 5.48. The van der Waals surface area contributed by atoms with E-state index in [1.807, 2.05) is 19.9 Å². The zero-order chi connectivity index (χ0) is 12.0. The number of anilines is 1. The van der Waals surface area contributed by atoms with Crippen LogP contribution in [0.2, 0.25) is 0 Å². The molecule has 0 radical (unpaired) electrons. The topological polar surface area (TPSA) is 81.2 Å². The molecule has 0 saturated heterocycles. The molecule has 0 aliphatic rings. The van der Waals surface area contributed by atoms with E-state index in [-0.39, 0.29) is 6.10 Å². The molecule has 1 heterocycles. The molecule has 5 nitrogen and oxygen atoms in total. The van der Waals surface area contributed by atoms with Gasteiger partial charge in [-0.1, -0.05) is 0 Å². The number of nitrogens with zero attached hydrogens (tertiary/aromatic N) is 2. The molecule has 0 aliphatic carbocycles. The summed E-state index contributed by atoms with van der Waals surface area (Å²) < 4.78 is 10.6. The zero-order valence-corrected chi connectivity index (χ0v) is 9.43. The van der Waals surface area contributed by atoms with Crippen LogP contribution in [-0.2, 0) is 4.74 Å². The minimum Gasteiger partial charge on any atom is -0.474 e. The Balaban J connectivity index is 2.51. The molecule has 0 amide bonds. The van der Waals surface area contributed by atoms with Crippen molar-refractivity contribution in [2.75, 3.05) is 18.9 Å². The van der Waals surface area contributed by atoms with Gasteiger partial charge in [0.1, 0.15) is 18.2 Å². The Bertz CT molecular complexity index is 385. The summed E-state index contributed by atoms with van der Waals surface area (Å²) in [6.45, 7) is 4.72. The molecule has 0 aromatic carbocycles. The van der Waals surface area contributed by atoms with E-state index in [9.17, 15) is 0 Å². The minimum atomic E-state index is 0.165. The molecule has 5 heteroatoms. The van der Waals surface area contributed by atoms with Crippen molar-refractivity contribution in [3.63, 3.8) is 0 Å². The summed E-state index contributed by atoms with van der Waals surface area (Å²) in [5.41, 5.74) is 6.29. The van der Waals surface area contributed by atoms with Crippen LogP contribution < -0.4 is 10.5 Å². The predicted molar refractivity (Wildman–Crippen MR) is 59.9 cm³/mol. The Morgan fingerprint density at radius 1 is 1.50 bits per heavy atom. The standard InChI is InChI=1S/C11H15N3O2/c1-8(2)15-3-4-16-11-9(6-12)5-10(13)7-14-11/h5,7-8H,3-4,13H2,1-2H3. The number of pyridine rings is 1. The van der Waals surface area contributed by atoms with Gasteiger partial charge in [-0.2, -0.15) is 5.26 Å². The summed E-state index contributed by atoms with van der Waals surface area (Å²) in [7, 11) is 0. The number of aromatic nitrogens is 1. The van der Waals surface area contributed by atoms with Crippen LogP contribution in [0.4, 0.5) is 5.69 Å². The van der Waals surface area contributed by atoms with E-state index in [0.717, 1.165) is 0 Å². The summed E-state index contributed by atoms with van der Waals surface area (Å²) in [5, 5.41) is 8.83. The summed E-state index contributed by atoms with van der Waals surface area (Å²) in [4.78, 5) is 3.94. The zero-order valence-electron chi connectivity index (χ0n) is 9.43. The van der Waals surface area contributed by atoms with E-state index in [0.29, 0.717) is 30.3 Å². The molecule has 86 valence electrons. The average Bonchev–Trinajstić information content (AvgIpc) is 2.25. The molecule has 0 aliphatic heterocycles. The van der Waals surface area contributed by atoms with E-state index in [1.54, 1.807) is 0 Å². The van der Waals surface area contributed by atoms with Crippen molar-refractivity contribution in [1.29, 1.82) is 5.26 Å². The van der Waals surface area contributed by atoms with Gasteiger partial charge in [0.25, 0.3) is 0 Å². The van der Waals surface area contributed by atoms with Crippen molar-refractivity contribution in [1.82, 2.24) is 4.98 Å². The maximum atomic E-state index is 8.83. The fourth-order valence-corrected chi connectivity index (χ4v) is 1.09. The first-order valence-corrected chi connectivity index (χ1v) is 5.03. The fourth-order valence-electron chi connectivity index (χ4n) is 1.09. The lowest BCUT2D eigenvalue weighted by Gasteiger charge is -2.09. The molecule has 16 heavy (non-hydrogen) atoms. The Labute approximate surface area is 94.8 Å². The number of nitrogen functional groups attached to an aromatic ring is 1. The highest BCUT2D eigenvalue weighted by atomic mass is 16.5. The number of hydrogen-bond donors (Lipinski definition) is 1. The van der Waals surface area contributed by atoms with Crippen LogP contribution in [0.1, 0.15) is 19.4 Å². The first-order valence-electron chi connectivity index (χ1n) is 5.03. The lowest BCUT2D eigenvalue weighted by molar-refractivity contribution is 0.0542. The van der Waals surface area contributed by atoms with Crippen LogP contribution in [-0.4, -0.2) is 24.3 Å². The maximum Gasteiger partial charge on any atom is 0.231 e. The lowest BCUT2D eigenvalue weighted by Crippen LogP contribution is -2.12. The number of ether oxygens (including phenoxy) is 2. The van der Waals surface area contributed by atoms with Gasteiger partial charge < -0.3 is 15.2 Å². The van der Waals surface area contributed by atoms with Crippen LogP contribution in [0.3, 0.4) is 0 Å². The highest BCUT2D eigenvalue weighted by Crippen LogP contribution is 2.16. The van der Waals surface area contributed by atoms with Crippen LogP contribution >= 0.6 is 0 Å². The smallest absolute Gasteiger partial charge is 0.231 e. The lowest BCUT2D eigenvalue weighted by atomic mass is 10.3. The van der Waals surface area contributed by atoms with Gasteiger partial charge in [0, 0.05) is 0 Å². The largest absolute Gasteiger partial charge is 0.474 e. The number of nitriles is 1. The fraction of sp³-hybridized carbons (Fsp3) is 0.455. The van der Waals surface area contributed by atoms with Crippen molar-refractivity contribution < 1.29 is 9.47 Å². The molecule has 1 aromatic rings. The van der Waals surface area contributed by atoms with Gasteiger partial charge in [0.05, 0.1) is 24.6 Å². The molecule has 2 N–H and O–H groups in total. The van der Waals surface area contributed by atoms with Crippen molar-refractivity contribution >= 4 is 5.69 Å². The van der Waals surface area contributed by atoms with Gasteiger partial charge in [-0.05, 0) is 19.9 Å². The van der Waals surface area contributed by atoms with Crippen molar-refractivity contribution in [3.05, 3.63) is 17.8 Å². The van der Waals surface area contributed by atoms with E-state index in [1.165, 1.54) is 12.3 Å². The van der Waals surface area contributed by atoms with Gasteiger partial charge in [-0.25, -0.2) is 4.98 Å². The van der Waals surface area contributed by atoms with Gasteiger partial charge in [0.2, 0.25) is 5.88 Å². The van der Waals surface area contributed by atoms with Crippen LogP contribution in [0, 0.1) is 11.3 Å². The predicted octanol–water partition coefficient (Wildman–Crippen LogP) is 1.34. The van der Waals surface area contributed by atoms with Gasteiger partial charge in [0.15, 0.2) is 0 Å². The Hall–Kier alpha value is -1.80. The third-order valence-corrected chi connectivity index (χ3v) is 1.77. The van der Waals surface area contributed by atoms with Crippen molar-refractivity contribution in [2.24, 2.45) is 0 Å². The number of nitrogens with two attached hydrogens (primary N) is 1. The van der Waals surface area contributed by atoms with Crippen LogP contribution in [0.15, 0.2) is 12.3 Å². The van der Waals surface area contributed by atoms with Crippen LogP contribution in [0.5, 0.6) is 5.88 Å². The van der Waals surface area contributed by atoms with Crippen molar-refractivity contribution in [2.45, 2.75) is 20.0 Å². The quantitative estimate of drug-likeness (QED) is 0.759. The van der Waals surface area contributed by atoms with E-state index in [2.05, 4.69) is 4.98 Å². The first-order chi connectivity index (χ1) is 7.63. The van der Waals surface area contributed by atoms with Gasteiger partial charge in [-0.15, -0.1) is 0 Å².